The monoisotopic (exact) mass is 1120 g/mol. The Bertz CT molecular complexity index is 1830. The summed E-state index contributed by atoms with van der Waals surface area (Å²) in [6.45, 7) is 4.59. The summed E-state index contributed by atoms with van der Waals surface area (Å²) < 4.78 is 25.5. The molecule has 32 heteroatoms. The van der Waals surface area contributed by atoms with E-state index >= 15 is 0 Å². The normalized spacial score (nSPS) is 28.3. The van der Waals surface area contributed by atoms with Crippen LogP contribution >= 0.6 is 0 Å². The fourth-order valence-corrected chi connectivity index (χ4v) is 8.66. The Labute approximate surface area is 458 Å². The first-order valence-corrected chi connectivity index (χ1v) is 26.0. The summed E-state index contributed by atoms with van der Waals surface area (Å²) >= 11 is 0. The first kappa shape index (κ1) is 71.1. The van der Waals surface area contributed by atoms with E-state index < -0.39 is 85.0 Å². The number of aliphatic imine (C=N–C) groups is 4. The van der Waals surface area contributed by atoms with Crippen molar-refractivity contribution in [2.45, 2.75) is 189 Å². The molecule has 452 valence electrons. The third kappa shape index (κ3) is 26.9. The van der Waals surface area contributed by atoms with Crippen molar-refractivity contribution in [3.63, 3.8) is 0 Å². The van der Waals surface area contributed by atoms with E-state index in [9.17, 15) is 34.5 Å². The van der Waals surface area contributed by atoms with E-state index in [-0.39, 0.29) is 62.2 Å². The number of aliphatic hydroxyl groups excluding tert-OH is 2. The van der Waals surface area contributed by atoms with E-state index in [1.165, 1.54) is 13.8 Å². The fourth-order valence-electron chi connectivity index (χ4n) is 8.66. The van der Waals surface area contributed by atoms with E-state index in [0.717, 1.165) is 25.3 Å². The largest absolute Gasteiger partial charge is 0.388 e. The van der Waals surface area contributed by atoms with E-state index in [4.69, 9.17) is 70.6 Å². The fraction of sp³-hybridized carbons (Fsp3) is 0.826. The minimum absolute atomic E-state index is 0. The zero-order valence-corrected chi connectivity index (χ0v) is 45.0. The standard InChI is InChI=1S/C38H77N17O10.C7H16N4O.CH4/c1-38(61)20-62-34(29(60)32(38)46-3)65-31-27(55-53-23(19-58)9-6-14-49-37(43)44)15-26(54-52-22(18-57)8-5-13-48-36(41)42)30(28(31)59)64-33-25(45-2)11-10-24(63-33)16-50-51-21(17-56)7-4-12-47-35(39)40;1-5(12)6(8)3-2-4-11-7(9)10;/h17-19,21-34,45-46,50-55,59-61H,4-16,20H2,1-3H3,(H4,39,40,47)(H4,41,42,48)(H4,43,44,49);6H,2-4,8H2,1H3,(H4,9,10,11);1H4/t21-,22-,23-,24?,25?,26?,27?,28?,29?,30?,31?,32?,33?,34?,38?;;/m1../s1. The third-order valence-electron chi connectivity index (χ3n) is 12.9. The molecule has 0 aromatic heterocycles. The Morgan fingerprint density at radius 3 is 1.51 bits per heavy atom. The molecule has 0 spiro atoms. The lowest BCUT2D eigenvalue weighted by Crippen LogP contribution is -2.71. The number of hydrogen-bond acceptors (Lipinski definition) is 24. The first-order chi connectivity index (χ1) is 36.6. The molecule has 32 nitrogen and oxygen atoms in total. The third-order valence-corrected chi connectivity index (χ3v) is 12.9. The van der Waals surface area contributed by atoms with E-state index in [1.807, 2.05) is 0 Å². The summed E-state index contributed by atoms with van der Waals surface area (Å²) in [4.78, 5) is 62.5. The van der Waals surface area contributed by atoms with Crippen LogP contribution in [0.25, 0.3) is 0 Å². The van der Waals surface area contributed by atoms with Gasteiger partial charge in [0.25, 0.3) is 0 Å². The summed E-state index contributed by atoms with van der Waals surface area (Å²) in [6.07, 6.45) is -0.145. The summed E-state index contributed by atoms with van der Waals surface area (Å²) in [6, 6.07) is -5.09. The number of nitrogens with zero attached hydrogens (tertiary/aromatic N) is 4. The van der Waals surface area contributed by atoms with Crippen LogP contribution in [0, 0.1) is 0 Å². The van der Waals surface area contributed by atoms with Crippen molar-refractivity contribution in [2.24, 2.45) is 71.6 Å². The average Bonchev–Trinajstić information content (AvgIpc) is 3.37. The van der Waals surface area contributed by atoms with Crippen LogP contribution in [-0.2, 0) is 38.1 Å². The van der Waals surface area contributed by atoms with Gasteiger partial charge in [-0.15, -0.1) is 0 Å². The molecule has 1 aliphatic carbocycles. The lowest BCUT2D eigenvalue weighted by Gasteiger charge is -2.50. The Hall–Kier alpha value is -4.88. The zero-order chi connectivity index (χ0) is 57.5. The van der Waals surface area contributed by atoms with Crippen LogP contribution in [0.2, 0.25) is 0 Å². The molecule has 0 aromatic rings. The van der Waals surface area contributed by atoms with Gasteiger partial charge in [-0.1, -0.05) is 7.43 Å². The number of nitrogens with one attached hydrogen (secondary N) is 8. The molecule has 0 radical (unpaired) electrons. The van der Waals surface area contributed by atoms with Crippen LogP contribution in [0.3, 0.4) is 0 Å². The predicted octanol–water partition coefficient (Wildman–Crippen LogP) is -7.85. The second-order valence-corrected chi connectivity index (χ2v) is 19.4. The summed E-state index contributed by atoms with van der Waals surface area (Å²) in [5.74, 6) is -0.0832. The number of nitrogens with two attached hydrogens (primary N) is 9. The quantitative estimate of drug-likeness (QED) is 0.00911. The van der Waals surface area contributed by atoms with Crippen molar-refractivity contribution >= 4 is 48.5 Å². The molecule has 3 aliphatic rings. The van der Waals surface area contributed by atoms with Gasteiger partial charge in [-0.2, -0.15) is 0 Å². The van der Waals surface area contributed by atoms with Crippen LogP contribution in [0.5, 0.6) is 0 Å². The molecule has 0 amide bonds. The molecule has 29 N–H and O–H groups in total. The number of guanidine groups is 4. The Kier molecular flexibility index (Phi) is 35.3. The van der Waals surface area contributed by atoms with Gasteiger partial charge in [0.15, 0.2) is 36.4 Å². The number of Topliss-reactive ketones (excluding diaryl/α,β-unsaturated/α-hetero) is 1. The molecule has 13 unspecified atom stereocenters. The van der Waals surface area contributed by atoms with E-state index in [0.29, 0.717) is 90.5 Å². The minimum Gasteiger partial charge on any atom is -0.388 e. The second kappa shape index (κ2) is 38.7. The highest BCUT2D eigenvalue weighted by Crippen LogP contribution is 2.33. The van der Waals surface area contributed by atoms with E-state index in [2.05, 4.69) is 63.2 Å². The highest BCUT2D eigenvalue weighted by Gasteiger charge is 2.52. The van der Waals surface area contributed by atoms with E-state index in [1.54, 1.807) is 14.1 Å². The zero-order valence-electron chi connectivity index (χ0n) is 45.0. The van der Waals surface area contributed by atoms with Gasteiger partial charge in [0.05, 0.1) is 61.0 Å². The summed E-state index contributed by atoms with van der Waals surface area (Å²) in [7, 11) is 3.35. The maximum atomic E-state index is 12.5. The number of aliphatic hydroxyl groups is 3. The SMILES string of the molecule is C.CC(=O)C(N)CCCN=C(N)N.CNC1CCC(CNN[C@@H](C=O)CCCN=C(N)N)OC1OC1C(NN[C@@H](C=O)CCCN=C(N)N)CC(NN[C@@H](C=O)CCCN=C(N)N)C(OC2OCC(C)(O)C(NC)C2O)C1O. The second-order valence-electron chi connectivity index (χ2n) is 19.4. The number of hydrogen-bond donors (Lipinski definition) is 20. The van der Waals surface area contributed by atoms with Crippen molar-refractivity contribution in [2.75, 3.05) is 53.4 Å². The molecule has 3 fully saturated rings. The average molecular weight is 1120 g/mol. The molecule has 78 heavy (non-hydrogen) atoms. The number of hydrazine groups is 3. The van der Waals surface area contributed by atoms with Crippen molar-refractivity contribution in [3.8, 4) is 0 Å². The Morgan fingerprint density at radius 2 is 1.10 bits per heavy atom. The Morgan fingerprint density at radius 1 is 0.667 bits per heavy atom. The smallest absolute Gasteiger partial charge is 0.185 e. The number of aldehydes is 3. The van der Waals surface area contributed by atoms with Gasteiger partial charge in [0.2, 0.25) is 0 Å². The van der Waals surface area contributed by atoms with Gasteiger partial charge in [0.1, 0.15) is 54.7 Å². The van der Waals surface area contributed by atoms with Crippen molar-refractivity contribution in [1.29, 1.82) is 0 Å². The van der Waals surface area contributed by atoms with Gasteiger partial charge in [0, 0.05) is 32.7 Å². The molecule has 0 aromatic carbocycles. The molecule has 1 saturated carbocycles. The molecule has 2 aliphatic heterocycles. The van der Waals surface area contributed by atoms with Gasteiger partial charge >= 0.3 is 0 Å². The molecule has 3 rings (SSSR count). The van der Waals surface area contributed by atoms with Crippen molar-refractivity contribution in [3.05, 3.63) is 0 Å². The maximum absolute atomic E-state index is 12.5. The van der Waals surface area contributed by atoms with Crippen LogP contribution in [-0.4, -0.2) is 214 Å². The van der Waals surface area contributed by atoms with Crippen LogP contribution in [0.4, 0.5) is 0 Å². The number of carbonyl (C=O) groups excluding carboxylic acids is 4. The van der Waals surface area contributed by atoms with Crippen LogP contribution in [0.15, 0.2) is 20.0 Å². The number of ether oxygens (including phenoxy) is 4. The highest BCUT2D eigenvalue weighted by molar-refractivity contribution is 5.81. The predicted molar refractivity (Wildman–Crippen MR) is 296 cm³/mol. The molecule has 2 heterocycles. The molecule has 2 saturated heterocycles. The Balaban J connectivity index is 0.00000207. The number of carbonyl (C=O) groups is 4. The number of ketones is 1. The molecular formula is C46H97N21O11. The summed E-state index contributed by atoms with van der Waals surface area (Å²) in [5, 5.41) is 41.0. The molecule has 0 bridgehead atoms. The lowest BCUT2D eigenvalue weighted by molar-refractivity contribution is -0.310. The van der Waals surface area contributed by atoms with Gasteiger partial charge in [-0.3, -0.25) is 41.0 Å². The topological polar surface area (TPSA) is 546 Å². The molecular weight excluding hydrogens is 1020 g/mol. The lowest BCUT2D eigenvalue weighted by atomic mass is 9.83. The van der Waals surface area contributed by atoms with Gasteiger partial charge in [-0.05, 0) is 98.6 Å². The number of rotatable bonds is 36. The van der Waals surface area contributed by atoms with Gasteiger partial charge < -0.3 is 111 Å². The maximum Gasteiger partial charge on any atom is 0.185 e. The van der Waals surface area contributed by atoms with Crippen molar-refractivity contribution in [1.82, 2.24) is 43.2 Å². The first-order valence-electron chi connectivity index (χ1n) is 26.0. The van der Waals surface area contributed by atoms with Gasteiger partial charge in [-0.25, -0.2) is 16.3 Å². The molecule has 16 atom stereocenters. The summed E-state index contributed by atoms with van der Waals surface area (Å²) in [5.41, 5.74) is 65.4. The van der Waals surface area contributed by atoms with Crippen LogP contribution in [0.1, 0.15) is 91.9 Å². The highest BCUT2D eigenvalue weighted by atomic mass is 16.7. The van der Waals surface area contributed by atoms with Crippen LogP contribution < -0.4 is 94.8 Å². The number of likely N-dealkylation sites (N-methyl/N-ethyl adjacent to an activating group) is 2. The van der Waals surface area contributed by atoms with Crippen molar-refractivity contribution < 1.29 is 53.4 Å². The minimum atomic E-state index is -1.49.